The van der Waals surface area contributed by atoms with Crippen molar-refractivity contribution in [3.63, 3.8) is 0 Å². The van der Waals surface area contributed by atoms with Gasteiger partial charge in [0.25, 0.3) is 0 Å². The van der Waals surface area contributed by atoms with Crippen molar-refractivity contribution in [1.82, 2.24) is 9.97 Å². The normalized spacial score (nSPS) is 13.4. The molecule has 0 amide bonds. The van der Waals surface area contributed by atoms with E-state index in [-0.39, 0.29) is 5.95 Å². The van der Waals surface area contributed by atoms with E-state index in [0.29, 0.717) is 0 Å². The molecule has 1 atom stereocenters. The molecule has 18 heavy (non-hydrogen) atoms. The van der Waals surface area contributed by atoms with E-state index >= 15 is 0 Å². The summed E-state index contributed by atoms with van der Waals surface area (Å²) >= 11 is 0. The van der Waals surface area contributed by atoms with Gasteiger partial charge in [-0.3, -0.25) is 4.79 Å². The summed E-state index contributed by atoms with van der Waals surface area (Å²) in [4.78, 5) is 19.2. The fourth-order valence-electron chi connectivity index (χ4n) is 1.39. The Bertz CT molecular complexity index is 392. The quantitative estimate of drug-likeness (QED) is 0.884. The molecular formula is C11H14F3N3O. The molecule has 0 aliphatic heterocycles. The Balaban J connectivity index is 2.81. The third-order valence-corrected chi connectivity index (χ3v) is 2.22. The molecule has 0 aliphatic rings. The molecule has 0 aliphatic carbocycles. The number of nitrogens with zero attached hydrogens (tertiary/aromatic N) is 2. The molecule has 0 spiro atoms. The zero-order chi connectivity index (χ0) is 13.8. The Morgan fingerprint density at radius 2 is 1.89 bits per heavy atom. The largest absolute Gasteiger partial charge is 0.391 e. The van der Waals surface area contributed by atoms with Gasteiger partial charge in [0.2, 0.25) is 5.95 Å². The number of aromatic nitrogens is 2. The molecule has 100 valence electrons. The first-order chi connectivity index (χ1) is 8.29. The van der Waals surface area contributed by atoms with Crippen molar-refractivity contribution in [2.45, 2.75) is 32.5 Å². The van der Waals surface area contributed by atoms with E-state index in [1.165, 1.54) is 18.5 Å². The first-order valence-corrected chi connectivity index (χ1v) is 5.43. The summed E-state index contributed by atoms with van der Waals surface area (Å²) in [7, 11) is 0. The van der Waals surface area contributed by atoms with Gasteiger partial charge >= 0.3 is 6.18 Å². The summed E-state index contributed by atoms with van der Waals surface area (Å²) in [6, 6.07) is 0.182. The second-order valence-corrected chi connectivity index (χ2v) is 4.15. The van der Waals surface area contributed by atoms with E-state index in [0.717, 1.165) is 0 Å². The number of carbonyl (C=O) groups is 1. The van der Waals surface area contributed by atoms with E-state index < -0.39 is 30.3 Å². The van der Waals surface area contributed by atoms with Crippen LogP contribution in [0.4, 0.5) is 19.1 Å². The highest BCUT2D eigenvalue weighted by molar-refractivity contribution is 5.87. The van der Waals surface area contributed by atoms with Crippen molar-refractivity contribution in [3.8, 4) is 0 Å². The lowest BCUT2D eigenvalue weighted by Gasteiger charge is -2.20. The van der Waals surface area contributed by atoms with Crippen LogP contribution < -0.4 is 5.32 Å². The first kappa shape index (κ1) is 14.4. The number of Topliss-reactive ketones (excluding diaryl/α,β-unsaturated/α-hetero) is 1. The van der Waals surface area contributed by atoms with Crippen molar-refractivity contribution >= 4 is 11.7 Å². The lowest BCUT2D eigenvalue weighted by atomic mass is 9.99. The molecule has 1 unspecified atom stereocenters. The maximum atomic E-state index is 12.4. The zero-order valence-corrected chi connectivity index (χ0v) is 10.0. The highest BCUT2D eigenvalue weighted by atomic mass is 19.4. The molecule has 0 aromatic carbocycles. The minimum Gasteiger partial charge on any atom is -0.344 e. The third kappa shape index (κ3) is 4.68. The van der Waals surface area contributed by atoms with E-state index in [2.05, 4.69) is 15.3 Å². The SMILES string of the molecule is CC(C)C(=O)C(CC(F)(F)F)Nc1ncccn1. The lowest BCUT2D eigenvalue weighted by molar-refractivity contribution is -0.146. The number of alkyl halides is 3. The minimum atomic E-state index is -4.42. The van der Waals surface area contributed by atoms with Crippen LogP contribution in [0.1, 0.15) is 20.3 Å². The lowest BCUT2D eigenvalue weighted by Crippen LogP contribution is -2.37. The Morgan fingerprint density at radius 1 is 1.33 bits per heavy atom. The Morgan fingerprint density at radius 3 is 2.33 bits per heavy atom. The second-order valence-electron chi connectivity index (χ2n) is 4.15. The van der Waals surface area contributed by atoms with Crippen molar-refractivity contribution in [1.29, 1.82) is 0 Å². The molecule has 0 fully saturated rings. The van der Waals surface area contributed by atoms with Crippen molar-refractivity contribution in [2.24, 2.45) is 5.92 Å². The summed E-state index contributed by atoms with van der Waals surface area (Å²) in [6.07, 6.45) is -2.88. The zero-order valence-electron chi connectivity index (χ0n) is 10.0. The maximum absolute atomic E-state index is 12.4. The minimum absolute atomic E-state index is 0.0146. The van der Waals surface area contributed by atoms with Gasteiger partial charge < -0.3 is 5.32 Å². The fourth-order valence-corrected chi connectivity index (χ4v) is 1.39. The van der Waals surface area contributed by atoms with Gasteiger partial charge in [-0.05, 0) is 6.07 Å². The van der Waals surface area contributed by atoms with Crippen molar-refractivity contribution in [3.05, 3.63) is 18.5 Å². The number of hydrogen-bond donors (Lipinski definition) is 1. The summed E-state index contributed by atoms with van der Waals surface area (Å²) in [6.45, 7) is 3.11. The van der Waals surface area contributed by atoms with Crippen LogP contribution in [0.5, 0.6) is 0 Å². The first-order valence-electron chi connectivity index (χ1n) is 5.43. The highest BCUT2D eigenvalue weighted by Gasteiger charge is 2.36. The van der Waals surface area contributed by atoms with Crippen LogP contribution in [0, 0.1) is 5.92 Å². The summed E-state index contributed by atoms with van der Waals surface area (Å²) < 4.78 is 37.2. The standard InChI is InChI=1S/C11H14F3N3O/c1-7(2)9(18)8(6-11(12,13)14)17-10-15-4-3-5-16-10/h3-5,7-8H,6H2,1-2H3,(H,15,16,17). The monoisotopic (exact) mass is 261 g/mol. The number of hydrogen-bond acceptors (Lipinski definition) is 4. The molecule has 0 saturated heterocycles. The van der Waals surface area contributed by atoms with Gasteiger partial charge in [0.05, 0.1) is 12.5 Å². The maximum Gasteiger partial charge on any atom is 0.391 e. The number of rotatable bonds is 5. The van der Waals surface area contributed by atoms with Gasteiger partial charge in [-0.15, -0.1) is 0 Å². The number of halogens is 3. The Kier molecular flexibility index (Phi) is 4.63. The average Bonchev–Trinajstić information content (AvgIpc) is 2.26. The molecule has 1 heterocycles. The molecule has 0 radical (unpaired) electrons. The van der Waals surface area contributed by atoms with Crippen LogP contribution in [0.2, 0.25) is 0 Å². The van der Waals surface area contributed by atoms with Crippen LogP contribution in [-0.4, -0.2) is 28.0 Å². The topological polar surface area (TPSA) is 54.9 Å². The molecule has 0 saturated carbocycles. The summed E-state index contributed by atoms with van der Waals surface area (Å²) in [5, 5.41) is 2.42. The van der Waals surface area contributed by atoms with Gasteiger partial charge in [0.15, 0.2) is 5.78 Å². The molecule has 1 N–H and O–H groups in total. The van der Waals surface area contributed by atoms with Crippen molar-refractivity contribution < 1.29 is 18.0 Å². The molecule has 1 aromatic heterocycles. The van der Waals surface area contributed by atoms with Gasteiger partial charge in [0, 0.05) is 18.3 Å². The van der Waals surface area contributed by atoms with E-state index in [1.807, 2.05) is 0 Å². The number of nitrogens with one attached hydrogen (secondary N) is 1. The fraction of sp³-hybridized carbons (Fsp3) is 0.545. The van der Waals surface area contributed by atoms with Gasteiger partial charge in [0.1, 0.15) is 0 Å². The predicted octanol–water partition coefficient (Wildman–Crippen LogP) is 2.43. The van der Waals surface area contributed by atoms with Crippen LogP contribution in [0.25, 0.3) is 0 Å². The van der Waals surface area contributed by atoms with Gasteiger partial charge in [-0.25, -0.2) is 9.97 Å². The van der Waals surface area contributed by atoms with Gasteiger partial charge in [-0.2, -0.15) is 13.2 Å². The predicted molar refractivity (Wildman–Crippen MR) is 60.0 cm³/mol. The number of ketones is 1. The average molecular weight is 261 g/mol. The van der Waals surface area contributed by atoms with E-state index in [1.54, 1.807) is 13.8 Å². The molecule has 1 aromatic rings. The molecule has 4 nitrogen and oxygen atoms in total. The van der Waals surface area contributed by atoms with Gasteiger partial charge in [-0.1, -0.05) is 13.8 Å². The third-order valence-electron chi connectivity index (χ3n) is 2.22. The summed E-state index contributed by atoms with van der Waals surface area (Å²) in [5.41, 5.74) is 0. The number of anilines is 1. The van der Waals surface area contributed by atoms with Crippen LogP contribution in [-0.2, 0) is 4.79 Å². The van der Waals surface area contributed by atoms with Crippen LogP contribution >= 0.6 is 0 Å². The van der Waals surface area contributed by atoms with Crippen LogP contribution in [0.15, 0.2) is 18.5 Å². The second kappa shape index (κ2) is 5.79. The Hall–Kier alpha value is -1.66. The Labute approximate surface area is 103 Å². The summed E-state index contributed by atoms with van der Waals surface area (Å²) in [5.74, 6) is -0.992. The molecule has 0 bridgehead atoms. The van der Waals surface area contributed by atoms with E-state index in [4.69, 9.17) is 0 Å². The smallest absolute Gasteiger partial charge is 0.344 e. The molecular weight excluding hydrogens is 247 g/mol. The number of carbonyl (C=O) groups excluding carboxylic acids is 1. The highest BCUT2D eigenvalue weighted by Crippen LogP contribution is 2.24. The van der Waals surface area contributed by atoms with E-state index in [9.17, 15) is 18.0 Å². The van der Waals surface area contributed by atoms with Crippen LogP contribution in [0.3, 0.4) is 0 Å². The van der Waals surface area contributed by atoms with Crippen molar-refractivity contribution in [2.75, 3.05) is 5.32 Å². The molecule has 1 rings (SSSR count). The molecule has 7 heteroatoms.